The number of aliphatic hydroxyl groups excluding tert-OH is 1. The lowest BCUT2D eigenvalue weighted by atomic mass is 9.85. The van der Waals surface area contributed by atoms with Crippen molar-refractivity contribution in [3.8, 4) is 11.5 Å². The molecule has 0 spiro atoms. The first-order chi connectivity index (χ1) is 18.6. The third-order valence-corrected chi connectivity index (χ3v) is 6.90. The van der Waals surface area contributed by atoms with E-state index in [1.54, 1.807) is 36.4 Å². The Balaban J connectivity index is 1.69. The molecule has 3 aromatic carbocycles. The molecule has 39 heavy (non-hydrogen) atoms. The van der Waals surface area contributed by atoms with Crippen LogP contribution in [0.4, 0.5) is 5.69 Å². The quantitative estimate of drug-likeness (QED) is 0.216. The van der Waals surface area contributed by atoms with Crippen molar-refractivity contribution in [2.75, 3.05) is 25.2 Å². The van der Waals surface area contributed by atoms with E-state index in [4.69, 9.17) is 14.2 Å². The highest BCUT2D eigenvalue weighted by atomic mass is 16.6. The van der Waals surface area contributed by atoms with Crippen molar-refractivity contribution >= 4 is 29.1 Å². The zero-order valence-corrected chi connectivity index (χ0v) is 22.2. The molecule has 0 saturated carbocycles. The van der Waals surface area contributed by atoms with Gasteiger partial charge >= 0.3 is 5.97 Å². The number of benzene rings is 3. The van der Waals surface area contributed by atoms with Crippen molar-refractivity contribution in [3.05, 3.63) is 94.6 Å². The Labute approximate surface area is 226 Å². The number of Topliss-reactive ketones (excluding diaryl/α,β-unsaturated/α-hetero) is 1. The lowest BCUT2D eigenvalue weighted by Gasteiger charge is -2.27. The number of amides is 1. The number of hydrogen-bond donors (Lipinski definition) is 1. The van der Waals surface area contributed by atoms with Gasteiger partial charge in [-0.2, -0.15) is 0 Å². The van der Waals surface area contributed by atoms with E-state index < -0.39 is 23.7 Å². The summed E-state index contributed by atoms with van der Waals surface area (Å²) >= 11 is 0. The Morgan fingerprint density at radius 3 is 2.28 bits per heavy atom. The average Bonchev–Trinajstić information content (AvgIpc) is 3.21. The molecule has 0 aliphatic carbocycles. The second-order valence-corrected chi connectivity index (χ2v) is 10.4. The van der Waals surface area contributed by atoms with Gasteiger partial charge < -0.3 is 19.3 Å². The summed E-state index contributed by atoms with van der Waals surface area (Å²) in [5.41, 5.74) is 2.39. The van der Waals surface area contributed by atoms with Gasteiger partial charge in [0.05, 0.1) is 24.3 Å². The first kappa shape index (κ1) is 26.0. The molecular formula is C31H29NO7. The van der Waals surface area contributed by atoms with Gasteiger partial charge in [0.15, 0.2) is 11.5 Å². The largest absolute Gasteiger partial charge is 0.507 e. The summed E-state index contributed by atoms with van der Waals surface area (Å²) in [7, 11) is 1.27. The van der Waals surface area contributed by atoms with Crippen molar-refractivity contribution in [3.63, 3.8) is 0 Å². The van der Waals surface area contributed by atoms with Crippen LogP contribution in [0.2, 0.25) is 0 Å². The number of aliphatic hydroxyl groups is 1. The number of carbonyl (C=O) groups is 3. The monoisotopic (exact) mass is 527 g/mol. The molecule has 0 aromatic heterocycles. The van der Waals surface area contributed by atoms with Gasteiger partial charge in [0.25, 0.3) is 11.7 Å². The van der Waals surface area contributed by atoms with E-state index in [2.05, 4.69) is 20.8 Å². The van der Waals surface area contributed by atoms with E-state index in [1.165, 1.54) is 18.1 Å². The molecule has 2 aliphatic heterocycles. The standard InChI is InChI=1S/C31H29NO7/c1-31(2,3)21-11-8-18(9-12-21)26-25(27(33)19-10-13-23-24(17-19)39-15-14-38-23)28(34)29(35)32(26)22-7-5-6-20(16-22)30(36)37-4/h5-13,16-17,26,33H,14-15H2,1-4H3/b27-25-. The Bertz CT molecular complexity index is 1500. The number of anilines is 1. The van der Waals surface area contributed by atoms with Crippen molar-refractivity contribution in [1.82, 2.24) is 0 Å². The van der Waals surface area contributed by atoms with Crippen molar-refractivity contribution < 1.29 is 33.7 Å². The van der Waals surface area contributed by atoms with Gasteiger partial charge in [0.1, 0.15) is 19.0 Å². The van der Waals surface area contributed by atoms with Crippen LogP contribution in [-0.2, 0) is 19.7 Å². The Kier molecular flexibility index (Phi) is 6.64. The fourth-order valence-corrected chi connectivity index (χ4v) is 4.83. The molecule has 1 amide bonds. The highest BCUT2D eigenvalue weighted by molar-refractivity contribution is 6.51. The van der Waals surface area contributed by atoms with Crippen LogP contribution in [0.1, 0.15) is 53.9 Å². The fourth-order valence-electron chi connectivity index (χ4n) is 4.83. The van der Waals surface area contributed by atoms with E-state index in [0.29, 0.717) is 41.5 Å². The van der Waals surface area contributed by atoms with Gasteiger partial charge in [-0.25, -0.2) is 4.79 Å². The molecule has 1 saturated heterocycles. The third-order valence-electron chi connectivity index (χ3n) is 6.90. The molecule has 1 unspecified atom stereocenters. The molecule has 2 aliphatic rings. The molecule has 1 N–H and O–H groups in total. The first-order valence-electron chi connectivity index (χ1n) is 12.6. The molecular weight excluding hydrogens is 498 g/mol. The van der Waals surface area contributed by atoms with Crippen LogP contribution >= 0.6 is 0 Å². The minimum absolute atomic E-state index is 0.0661. The Morgan fingerprint density at radius 2 is 1.62 bits per heavy atom. The van der Waals surface area contributed by atoms with Crippen LogP contribution in [-0.4, -0.2) is 43.1 Å². The predicted octanol–water partition coefficient (Wildman–Crippen LogP) is 5.17. The number of carbonyl (C=O) groups excluding carboxylic acids is 3. The highest BCUT2D eigenvalue weighted by Crippen LogP contribution is 2.43. The molecule has 5 rings (SSSR count). The number of hydrogen-bond acceptors (Lipinski definition) is 7. The summed E-state index contributed by atoms with van der Waals surface area (Å²) in [6.07, 6.45) is 0. The van der Waals surface area contributed by atoms with Crippen LogP contribution in [0.3, 0.4) is 0 Å². The topological polar surface area (TPSA) is 102 Å². The summed E-state index contributed by atoms with van der Waals surface area (Å²) < 4.78 is 16.1. The zero-order chi connectivity index (χ0) is 27.9. The molecule has 2 heterocycles. The van der Waals surface area contributed by atoms with Crippen LogP contribution in [0, 0.1) is 0 Å². The summed E-state index contributed by atoms with van der Waals surface area (Å²) in [4.78, 5) is 40.6. The summed E-state index contributed by atoms with van der Waals surface area (Å²) in [5.74, 6) is -1.59. The SMILES string of the molecule is COC(=O)c1cccc(N2C(=O)C(=O)/C(=C(\O)c3ccc4c(c3)OCCO4)C2c2ccc(C(C)(C)C)cc2)c1. The van der Waals surface area contributed by atoms with Gasteiger partial charge in [-0.05, 0) is 52.9 Å². The van der Waals surface area contributed by atoms with E-state index in [-0.39, 0.29) is 22.3 Å². The van der Waals surface area contributed by atoms with Crippen molar-refractivity contribution in [1.29, 1.82) is 0 Å². The maximum absolute atomic E-state index is 13.5. The number of fused-ring (bicyclic) bond motifs is 1. The molecule has 0 radical (unpaired) electrons. The van der Waals surface area contributed by atoms with Crippen LogP contribution in [0.5, 0.6) is 11.5 Å². The van der Waals surface area contributed by atoms with Gasteiger partial charge in [0.2, 0.25) is 0 Å². The van der Waals surface area contributed by atoms with E-state index in [1.807, 2.05) is 24.3 Å². The molecule has 0 bridgehead atoms. The average molecular weight is 528 g/mol. The lowest BCUT2D eigenvalue weighted by Crippen LogP contribution is -2.29. The fraction of sp³-hybridized carbons (Fsp3) is 0.258. The molecule has 3 aromatic rings. The maximum atomic E-state index is 13.5. The number of nitrogens with zero attached hydrogens (tertiary/aromatic N) is 1. The van der Waals surface area contributed by atoms with Crippen LogP contribution in [0.15, 0.2) is 72.3 Å². The third kappa shape index (κ3) is 4.74. The number of ether oxygens (including phenoxy) is 3. The molecule has 8 nitrogen and oxygen atoms in total. The number of esters is 1. The first-order valence-corrected chi connectivity index (χ1v) is 12.6. The van der Waals surface area contributed by atoms with Crippen molar-refractivity contribution in [2.45, 2.75) is 32.2 Å². The van der Waals surface area contributed by atoms with E-state index in [0.717, 1.165) is 5.56 Å². The number of rotatable bonds is 4. The van der Waals surface area contributed by atoms with E-state index >= 15 is 0 Å². The van der Waals surface area contributed by atoms with Gasteiger partial charge in [-0.1, -0.05) is 51.1 Å². The van der Waals surface area contributed by atoms with Gasteiger partial charge in [-0.3, -0.25) is 14.5 Å². The second-order valence-electron chi connectivity index (χ2n) is 10.4. The Hall–Kier alpha value is -4.59. The highest BCUT2D eigenvalue weighted by Gasteiger charge is 2.47. The zero-order valence-electron chi connectivity index (χ0n) is 22.2. The van der Waals surface area contributed by atoms with Gasteiger partial charge in [-0.15, -0.1) is 0 Å². The van der Waals surface area contributed by atoms with Crippen LogP contribution < -0.4 is 14.4 Å². The molecule has 1 fully saturated rings. The van der Waals surface area contributed by atoms with Crippen molar-refractivity contribution in [2.24, 2.45) is 0 Å². The minimum Gasteiger partial charge on any atom is -0.507 e. The second kappa shape index (κ2) is 9.94. The molecule has 8 heteroatoms. The minimum atomic E-state index is -0.944. The number of ketones is 1. The lowest BCUT2D eigenvalue weighted by molar-refractivity contribution is -0.132. The normalized spacial score (nSPS) is 18.3. The maximum Gasteiger partial charge on any atom is 0.337 e. The summed E-state index contributed by atoms with van der Waals surface area (Å²) in [6, 6.07) is 17.8. The molecule has 1 atom stereocenters. The smallest absolute Gasteiger partial charge is 0.337 e. The summed E-state index contributed by atoms with van der Waals surface area (Å²) in [5, 5.41) is 11.5. The summed E-state index contributed by atoms with van der Waals surface area (Å²) in [6.45, 7) is 7.05. The molecule has 200 valence electrons. The van der Waals surface area contributed by atoms with Crippen LogP contribution in [0.25, 0.3) is 5.76 Å². The Morgan fingerprint density at radius 1 is 0.923 bits per heavy atom. The number of methoxy groups -OCH3 is 1. The van der Waals surface area contributed by atoms with Gasteiger partial charge in [0, 0.05) is 11.3 Å². The van der Waals surface area contributed by atoms with E-state index in [9.17, 15) is 19.5 Å². The predicted molar refractivity (Wildman–Crippen MR) is 145 cm³/mol.